The Hall–Kier alpha value is -1.86. The highest BCUT2D eigenvalue weighted by atomic mass is 35.5. The molecule has 1 aliphatic rings. The Balaban J connectivity index is 1.89. The van der Waals surface area contributed by atoms with Gasteiger partial charge in [0.05, 0.1) is 28.1 Å². The van der Waals surface area contributed by atoms with Crippen molar-refractivity contribution in [3.05, 3.63) is 40.8 Å². The zero-order valence-corrected chi connectivity index (χ0v) is 14.7. The summed E-state index contributed by atoms with van der Waals surface area (Å²) in [5.41, 5.74) is 8.55. The predicted molar refractivity (Wildman–Crippen MR) is 97.6 cm³/mol. The van der Waals surface area contributed by atoms with E-state index < -0.39 is 0 Å². The van der Waals surface area contributed by atoms with Gasteiger partial charge in [0.15, 0.2) is 0 Å². The maximum atomic E-state index is 9.32. The van der Waals surface area contributed by atoms with E-state index in [1.165, 1.54) is 6.33 Å². The lowest BCUT2D eigenvalue weighted by atomic mass is 10.1. The van der Waals surface area contributed by atoms with Gasteiger partial charge in [-0.15, -0.1) is 0 Å². The molecule has 0 saturated carbocycles. The van der Waals surface area contributed by atoms with Crippen LogP contribution in [0.15, 0.2) is 30.7 Å². The van der Waals surface area contributed by atoms with Gasteiger partial charge in [-0.3, -0.25) is 0 Å². The van der Waals surface area contributed by atoms with Crippen molar-refractivity contribution in [2.24, 2.45) is 0 Å². The third kappa shape index (κ3) is 2.85. The van der Waals surface area contributed by atoms with Crippen LogP contribution < -0.4 is 5.73 Å². The van der Waals surface area contributed by atoms with Gasteiger partial charge in [0.1, 0.15) is 24.0 Å². The van der Waals surface area contributed by atoms with Crippen molar-refractivity contribution in [2.45, 2.75) is 25.2 Å². The summed E-state index contributed by atoms with van der Waals surface area (Å²) in [5.74, 6) is 0.390. The lowest BCUT2D eigenvalue weighted by Crippen LogP contribution is -2.14. The van der Waals surface area contributed by atoms with Gasteiger partial charge in [0, 0.05) is 11.8 Å². The molecule has 1 aromatic carbocycles. The third-order valence-corrected chi connectivity index (χ3v) is 5.21. The molecule has 3 N–H and O–H groups in total. The molecular formula is C17H16Cl2N4O2. The second-order valence-electron chi connectivity index (χ2n) is 6.01. The molecule has 2 aromatic heterocycles. The third-order valence-electron chi connectivity index (χ3n) is 4.47. The zero-order chi connectivity index (χ0) is 17.6. The van der Waals surface area contributed by atoms with Gasteiger partial charge in [-0.1, -0.05) is 29.3 Å². The van der Waals surface area contributed by atoms with Crippen molar-refractivity contribution in [3.8, 4) is 11.1 Å². The predicted octanol–water partition coefficient (Wildman–Crippen LogP) is 3.66. The number of halogens is 2. The van der Waals surface area contributed by atoms with Crippen LogP contribution in [0.25, 0.3) is 22.2 Å². The van der Waals surface area contributed by atoms with Crippen LogP contribution >= 0.6 is 23.2 Å². The Morgan fingerprint density at radius 3 is 2.80 bits per heavy atom. The average Bonchev–Trinajstić information content (AvgIpc) is 3.22. The summed E-state index contributed by atoms with van der Waals surface area (Å²) in [7, 11) is 0. The summed E-state index contributed by atoms with van der Waals surface area (Å²) in [6, 6.07) is 5.42. The second kappa shape index (κ2) is 6.46. The normalized spacial score (nSPS) is 20.4. The molecular weight excluding hydrogens is 363 g/mol. The van der Waals surface area contributed by atoms with Crippen molar-refractivity contribution >= 4 is 40.1 Å². The van der Waals surface area contributed by atoms with Gasteiger partial charge >= 0.3 is 0 Å². The van der Waals surface area contributed by atoms with Crippen LogP contribution in [0.5, 0.6) is 0 Å². The molecule has 2 atom stereocenters. The van der Waals surface area contributed by atoms with Crippen LogP contribution in [0.4, 0.5) is 5.82 Å². The number of hydrogen-bond donors (Lipinski definition) is 2. The Kier molecular flexibility index (Phi) is 4.29. The van der Waals surface area contributed by atoms with Crippen LogP contribution in [-0.4, -0.2) is 32.4 Å². The summed E-state index contributed by atoms with van der Waals surface area (Å²) in [4.78, 5) is 8.51. The van der Waals surface area contributed by atoms with E-state index in [-0.39, 0.29) is 18.9 Å². The van der Waals surface area contributed by atoms with E-state index in [0.29, 0.717) is 21.5 Å². The van der Waals surface area contributed by atoms with Crippen LogP contribution in [0.3, 0.4) is 0 Å². The Morgan fingerprint density at radius 2 is 2.08 bits per heavy atom. The summed E-state index contributed by atoms with van der Waals surface area (Å²) >= 11 is 12.2. The average molecular weight is 379 g/mol. The van der Waals surface area contributed by atoms with Crippen molar-refractivity contribution in [1.29, 1.82) is 0 Å². The van der Waals surface area contributed by atoms with Crippen LogP contribution in [0.1, 0.15) is 19.1 Å². The van der Waals surface area contributed by atoms with E-state index in [1.807, 2.05) is 16.8 Å². The van der Waals surface area contributed by atoms with Gasteiger partial charge in [-0.05, 0) is 30.5 Å². The number of fused-ring (bicyclic) bond motifs is 1. The van der Waals surface area contributed by atoms with Crippen LogP contribution in [0.2, 0.25) is 10.0 Å². The lowest BCUT2D eigenvalue weighted by molar-refractivity contribution is -0.0204. The fraction of sp³-hybridized carbons (Fsp3) is 0.294. The summed E-state index contributed by atoms with van der Waals surface area (Å²) in [6.07, 6.45) is 4.61. The quantitative estimate of drug-likeness (QED) is 0.726. The fourth-order valence-electron chi connectivity index (χ4n) is 3.24. The molecule has 1 fully saturated rings. The molecule has 3 aromatic rings. The number of benzene rings is 1. The summed E-state index contributed by atoms with van der Waals surface area (Å²) in [5, 5.41) is 11.0. The number of aliphatic hydroxyl groups excluding tert-OH is 1. The molecule has 4 rings (SSSR count). The standard InChI is InChI=1S/C17H16Cl2N4O2/c18-12-3-1-9(5-13(12)19)11-6-23(14-4-2-10(7-24)25-14)17-15(11)16(20)21-8-22-17/h1,3,5-6,8,10,14,24H,2,4,7H2,(H2,20,21,22). The molecule has 0 bridgehead atoms. The number of aromatic nitrogens is 3. The topological polar surface area (TPSA) is 86.2 Å². The molecule has 2 unspecified atom stereocenters. The minimum absolute atomic E-state index is 0.00642. The van der Waals surface area contributed by atoms with E-state index in [1.54, 1.807) is 12.1 Å². The number of aliphatic hydroxyl groups is 1. The fourth-order valence-corrected chi connectivity index (χ4v) is 3.53. The van der Waals surface area contributed by atoms with E-state index in [2.05, 4.69) is 9.97 Å². The molecule has 25 heavy (non-hydrogen) atoms. The van der Waals surface area contributed by atoms with Gasteiger partial charge in [-0.25, -0.2) is 9.97 Å². The highest BCUT2D eigenvalue weighted by Crippen LogP contribution is 2.39. The number of ether oxygens (including phenoxy) is 1. The summed E-state index contributed by atoms with van der Waals surface area (Å²) in [6.45, 7) is 0.00642. The first-order chi connectivity index (χ1) is 12.1. The highest BCUT2D eigenvalue weighted by Gasteiger charge is 2.28. The van der Waals surface area contributed by atoms with Gasteiger partial charge in [0.2, 0.25) is 0 Å². The summed E-state index contributed by atoms with van der Waals surface area (Å²) < 4.78 is 7.85. The number of anilines is 1. The molecule has 1 saturated heterocycles. The molecule has 0 amide bonds. The number of rotatable bonds is 3. The highest BCUT2D eigenvalue weighted by molar-refractivity contribution is 6.42. The maximum Gasteiger partial charge on any atom is 0.148 e. The van der Waals surface area contributed by atoms with E-state index in [0.717, 1.165) is 29.4 Å². The Morgan fingerprint density at radius 1 is 1.24 bits per heavy atom. The van der Waals surface area contributed by atoms with Crippen LogP contribution in [-0.2, 0) is 4.74 Å². The number of nitrogens with zero attached hydrogens (tertiary/aromatic N) is 3. The first-order valence-corrected chi connectivity index (χ1v) is 8.67. The molecule has 3 heterocycles. The minimum atomic E-state index is -0.203. The number of hydrogen-bond acceptors (Lipinski definition) is 5. The molecule has 0 radical (unpaired) electrons. The van der Waals surface area contributed by atoms with Gasteiger partial charge in [0.25, 0.3) is 0 Å². The van der Waals surface area contributed by atoms with Crippen molar-refractivity contribution < 1.29 is 9.84 Å². The second-order valence-corrected chi connectivity index (χ2v) is 6.82. The Labute approximate surface area is 154 Å². The molecule has 8 heteroatoms. The van der Waals surface area contributed by atoms with E-state index >= 15 is 0 Å². The maximum absolute atomic E-state index is 9.32. The van der Waals surface area contributed by atoms with E-state index in [4.69, 9.17) is 33.7 Å². The van der Waals surface area contributed by atoms with Crippen molar-refractivity contribution in [3.63, 3.8) is 0 Å². The van der Waals surface area contributed by atoms with Crippen molar-refractivity contribution in [2.75, 3.05) is 12.3 Å². The first kappa shape index (κ1) is 16.6. The number of nitrogens with two attached hydrogens (primary N) is 1. The molecule has 130 valence electrons. The first-order valence-electron chi connectivity index (χ1n) is 7.91. The molecule has 0 spiro atoms. The SMILES string of the molecule is Nc1ncnc2c1c(-c1ccc(Cl)c(Cl)c1)cn2C1CCC(CO)O1. The Bertz CT molecular complexity index is 944. The van der Waals surface area contributed by atoms with Crippen LogP contribution in [0, 0.1) is 0 Å². The molecule has 1 aliphatic heterocycles. The van der Waals surface area contributed by atoms with E-state index in [9.17, 15) is 5.11 Å². The van der Waals surface area contributed by atoms with Crippen molar-refractivity contribution in [1.82, 2.24) is 14.5 Å². The molecule has 0 aliphatic carbocycles. The lowest BCUT2D eigenvalue weighted by Gasteiger charge is -2.14. The molecule has 6 nitrogen and oxygen atoms in total. The zero-order valence-electron chi connectivity index (χ0n) is 13.2. The minimum Gasteiger partial charge on any atom is -0.394 e. The van der Waals surface area contributed by atoms with Gasteiger partial charge in [-0.2, -0.15) is 0 Å². The smallest absolute Gasteiger partial charge is 0.148 e. The van der Waals surface area contributed by atoms with Gasteiger partial charge < -0.3 is 20.1 Å². The largest absolute Gasteiger partial charge is 0.394 e. The number of nitrogen functional groups attached to an aromatic ring is 1. The monoisotopic (exact) mass is 378 g/mol.